The highest BCUT2D eigenvalue weighted by atomic mass is 19.4. The van der Waals surface area contributed by atoms with Gasteiger partial charge in [0, 0.05) is 50.3 Å². The number of aromatic nitrogens is 2. The van der Waals surface area contributed by atoms with Crippen molar-refractivity contribution in [2.45, 2.75) is 51.2 Å². The minimum absolute atomic E-state index is 0.0365. The molecule has 0 aliphatic carbocycles. The summed E-state index contributed by atoms with van der Waals surface area (Å²) in [7, 11) is 0. The average molecular weight is 434 g/mol. The number of fused-ring (bicyclic) bond motifs is 1. The van der Waals surface area contributed by atoms with Crippen molar-refractivity contribution >= 4 is 11.8 Å². The van der Waals surface area contributed by atoms with Crippen LogP contribution in [0.25, 0.3) is 0 Å². The molecule has 1 aromatic carbocycles. The van der Waals surface area contributed by atoms with Gasteiger partial charge < -0.3 is 9.80 Å². The highest BCUT2D eigenvalue weighted by Crippen LogP contribution is 2.38. The molecule has 1 N–H and O–H groups in total. The Balaban J connectivity index is 1.46. The first-order chi connectivity index (χ1) is 14.8. The number of alkyl halides is 3. The highest BCUT2D eigenvalue weighted by Gasteiger charge is 2.37. The predicted octanol–water partition coefficient (Wildman–Crippen LogP) is 3.74. The maximum absolute atomic E-state index is 13.4. The van der Waals surface area contributed by atoms with Gasteiger partial charge in [0.15, 0.2) is 5.69 Å². The average Bonchev–Trinajstić information content (AvgIpc) is 3.21. The van der Waals surface area contributed by atoms with Crippen LogP contribution in [0.3, 0.4) is 0 Å². The fourth-order valence-electron chi connectivity index (χ4n) is 4.56. The molecule has 2 aliphatic rings. The highest BCUT2D eigenvalue weighted by molar-refractivity contribution is 5.94. The second-order valence-corrected chi connectivity index (χ2v) is 8.10. The van der Waals surface area contributed by atoms with Crippen molar-refractivity contribution < 1.29 is 22.8 Å². The number of H-pyrrole nitrogens is 1. The van der Waals surface area contributed by atoms with E-state index in [2.05, 4.69) is 10.2 Å². The number of nitrogens with one attached hydrogen (secondary N) is 1. The van der Waals surface area contributed by atoms with E-state index in [1.807, 2.05) is 0 Å². The minimum Gasteiger partial charge on any atom is -0.338 e. The number of nitrogens with zero attached hydrogens (tertiary/aromatic N) is 3. The van der Waals surface area contributed by atoms with Crippen LogP contribution in [0.4, 0.5) is 13.2 Å². The Bertz CT molecular complexity index is 977. The van der Waals surface area contributed by atoms with Crippen LogP contribution in [0.5, 0.6) is 0 Å². The Morgan fingerprint density at radius 3 is 2.52 bits per heavy atom. The fraction of sp³-hybridized carbons (Fsp3) is 0.500. The molecule has 3 heterocycles. The largest absolute Gasteiger partial charge is 0.416 e. The number of hydrogen-bond donors (Lipinski definition) is 1. The van der Waals surface area contributed by atoms with Crippen LogP contribution in [0.1, 0.15) is 65.0 Å². The molecule has 31 heavy (non-hydrogen) atoms. The summed E-state index contributed by atoms with van der Waals surface area (Å²) in [6.45, 7) is 3.50. The number of carbonyl (C=O) groups is 2. The summed E-state index contributed by atoms with van der Waals surface area (Å²) in [5.41, 5.74) is 1.65. The van der Waals surface area contributed by atoms with Crippen LogP contribution in [0, 0.1) is 0 Å². The van der Waals surface area contributed by atoms with Crippen LogP contribution in [0.2, 0.25) is 0 Å². The summed E-state index contributed by atoms with van der Waals surface area (Å²) >= 11 is 0. The van der Waals surface area contributed by atoms with E-state index in [-0.39, 0.29) is 17.7 Å². The van der Waals surface area contributed by atoms with Crippen LogP contribution < -0.4 is 0 Å². The molecule has 2 amide bonds. The Morgan fingerprint density at radius 1 is 1.13 bits per heavy atom. The summed E-state index contributed by atoms with van der Waals surface area (Å²) in [6.07, 6.45) is -2.43. The van der Waals surface area contributed by atoms with E-state index in [1.54, 1.807) is 22.8 Å². The summed E-state index contributed by atoms with van der Waals surface area (Å²) in [4.78, 5) is 28.6. The van der Waals surface area contributed by atoms with Crippen molar-refractivity contribution in [3.8, 4) is 0 Å². The molecule has 0 spiro atoms. The van der Waals surface area contributed by atoms with Crippen LogP contribution in [-0.2, 0) is 23.9 Å². The lowest BCUT2D eigenvalue weighted by Crippen LogP contribution is -2.40. The second-order valence-electron chi connectivity index (χ2n) is 8.10. The van der Waals surface area contributed by atoms with Gasteiger partial charge in [0.2, 0.25) is 5.91 Å². The first kappa shape index (κ1) is 21.4. The number of carbonyl (C=O) groups excluding carboxylic acids is 2. The zero-order valence-electron chi connectivity index (χ0n) is 17.3. The summed E-state index contributed by atoms with van der Waals surface area (Å²) in [5.74, 6) is -0.437. The van der Waals surface area contributed by atoms with E-state index in [1.165, 1.54) is 12.1 Å². The molecule has 2 aliphatic heterocycles. The van der Waals surface area contributed by atoms with Crippen LogP contribution in [0.15, 0.2) is 24.3 Å². The zero-order chi connectivity index (χ0) is 22.2. The van der Waals surface area contributed by atoms with Gasteiger partial charge in [-0.15, -0.1) is 0 Å². The maximum atomic E-state index is 13.4. The van der Waals surface area contributed by atoms with Gasteiger partial charge >= 0.3 is 6.18 Å². The zero-order valence-corrected chi connectivity index (χ0v) is 17.3. The molecule has 0 unspecified atom stereocenters. The smallest absolute Gasteiger partial charge is 0.338 e. The predicted molar refractivity (Wildman–Crippen MR) is 107 cm³/mol. The summed E-state index contributed by atoms with van der Waals surface area (Å²) in [5, 5.41) is 7.14. The minimum atomic E-state index is -4.39. The number of benzene rings is 1. The van der Waals surface area contributed by atoms with Gasteiger partial charge in [-0.25, -0.2) is 0 Å². The SMILES string of the molecule is CCC(=O)N1CCc2[nH]nc(C(=O)N3CCC(c4ccccc4C(F)(F)F)CC3)c2C1. The van der Waals surface area contributed by atoms with Gasteiger partial charge in [-0.3, -0.25) is 14.7 Å². The van der Waals surface area contributed by atoms with Crippen molar-refractivity contribution in [3.63, 3.8) is 0 Å². The summed E-state index contributed by atoms with van der Waals surface area (Å²) < 4.78 is 40.1. The van der Waals surface area contributed by atoms with Gasteiger partial charge in [-0.05, 0) is 30.4 Å². The number of likely N-dealkylation sites (tertiary alicyclic amines) is 1. The Labute approximate surface area is 178 Å². The van der Waals surface area contributed by atoms with Crippen molar-refractivity contribution in [1.29, 1.82) is 0 Å². The molecule has 1 fully saturated rings. The third-order valence-electron chi connectivity index (χ3n) is 6.28. The fourth-order valence-corrected chi connectivity index (χ4v) is 4.56. The number of aromatic amines is 1. The summed E-state index contributed by atoms with van der Waals surface area (Å²) in [6, 6.07) is 5.68. The van der Waals surface area contributed by atoms with Gasteiger partial charge in [0.1, 0.15) is 0 Å². The molecular weight excluding hydrogens is 409 g/mol. The first-order valence-electron chi connectivity index (χ1n) is 10.6. The molecule has 9 heteroatoms. The third-order valence-corrected chi connectivity index (χ3v) is 6.28. The second kappa shape index (κ2) is 8.36. The monoisotopic (exact) mass is 434 g/mol. The Kier molecular flexibility index (Phi) is 5.77. The number of piperidine rings is 1. The molecule has 0 atom stereocenters. The molecule has 1 saturated heterocycles. The molecule has 6 nitrogen and oxygen atoms in total. The number of rotatable bonds is 3. The van der Waals surface area contributed by atoms with E-state index in [9.17, 15) is 22.8 Å². The number of halogens is 3. The van der Waals surface area contributed by atoms with Gasteiger partial charge in [0.25, 0.3) is 5.91 Å². The lowest BCUT2D eigenvalue weighted by Gasteiger charge is -2.33. The Morgan fingerprint density at radius 2 is 1.84 bits per heavy atom. The van der Waals surface area contributed by atoms with Crippen LogP contribution >= 0.6 is 0 Å². The molecular formula is C22H25F3N4O2. The number of amides is 2. The van der Waals surface area contributed by atoms with Gasteiger partial charge in [-0.1, -0.05) is 25.1 Å². The molecule has 2 aromatic rings. The van der Waals surface area contributed by atoms with E-state index >= 15 is 0 Å². The van der Waals surface area contributed by atoms with Gasteiger partial charge in [-0.2, -0.15) is 18.3 Å². The Hall–Kier alpha value is -2.84. The van der Waals surface area contributed by atoms with Crippen LogP contribution in [-0.4, -0.2) is 51.4 Å². The molecule has 1 aromatic heterocycles. The quantitative estimate of drug-likeness (QED) is 0.800. The van der Waals surface area contributed by atoms with Crippen molar-refractivity contribution in [1.82, 2.24) is 20.0 Å². The van der Waals surface area contributed by atoms with Crippen molar-refractivity contribution in [2.75, 3.05) is 19.6 Å². The van der Waals surface area contributed by atoms with E-state index in [4.69, 9.17) is 0 Å². The van der Waals surface area contributed by atoms with Gasteiger partial charge in [0.05, 0.1) is 5.56 Å². The van der Waals surface area contributed by atoms with Crippen molar-refractivity contribution in [3.05, 3.63) is 52.3 Å². The lowest BCUT2D eigenvalue weighted by atomic mass is 9.86. The molecule has 0 saturated carbocycles. The molecule has 0 radical (unpaired) electrons. The van der Waals surface area contributed by atoms with E-state index < -0.39 is 11.7 Å². The third kappa shape index (κ3) is 4.18. The number of hydrogen-bond acceptors (Lipinski definition) is 3. The van der Waals surface area contributed by atoms with E-state index in [0.29, 0.717) is 63.1 Å². The van der Waals surface area contributed by atoms with E-state index in [0.717, 1.165) is 17.3 Å². The first-order valence-corrected chi connectivity index (χ1v) is 10.6. The molecule has 0 bridgehead atoms. The molecule has 166 valence electrons. The topological polar surface area (TPSA) is 69.3 Å². The molecule has 4 rings (SSSR count). The standard InChI is InChI=1S/C22H25F3N4O2/c1-2-19(30)29-12-9-18-16(13-29)20(27-26-18)21(31)28-10-7-14(8-11-28)15-5-3-4-6-17(15)22(23,24)25/h3-6,14H,2,7-13H2,1H3,(H,26,27). The lowest BCUT2D eigenvalue weighted by molar-refractivity contribution is -0.138. The van der Waals surface area contributed by atoms with Crippen molar-refractivity contribution in [2.24, 2.45) is 0 Å². The maximum Gasteiger partial charge on any atom is 0.416 e. The normalized spacial score (nSPS) is 17.5.